The molecule has 3 rings (SSSR count). The molecule has 2 fully saturated rings. The van der Waals surface area contributed by atoms with Crippen LogP contribution in [0.3, 0.4) is 0 Å². The fraction of sp³-hybridized carbons (Fsp3) is 0.786. The first-order chi connectivity index (χ1) is 9.53. The Balaban J connectivity index is 1.75. The van der Waals surface area contributed by atoms with Gasteiger partial charge in [-0.2, -0.15) is 0 Å². The number of nitrogens with zero attached hydrogens (tertiary/aromatic N) is 2. The van der Waals surface area contributed by atoms with Crippen molar-refractivity contribution >= 4 is 15.8 Å². The van der Waals surface area contributed by atoms with E-state index in [0.29, 0.717) is 30.4 Å². The van der Waals surface area contributed by atoms with Crippen LogP contribution in [0.25, 0.3) is 0 Å². The number of aryl methyl sites for hydroxylation is 1. The average Bonchev–Trinajstić information content (AvgIpc) is 3.00. The van der Waals surface area contributed by atoms with Crippen molar-refractivity contribution in [1.29, 1.82) is 0 Å². The second-order valence-electron chi connectivity index (χ2n) is 6.12. The summed E-state index contributed by atoms with van der Waals surface area (Å²) < 4.78 is 25.3. The van der Waals surface area contributed by atoms with Gasteiger partial charge in [0, 0.05) is 18.3 Å². The number of hydrogen-bond acceptors (Lipinski definition) is 4. The van der Waals surface area contributed by atoms with Gasteiger partial charge in [-0.1, -0.05) is 12.8 Å². The van der Waals surface area contributed by atoms with Crippen molar-refractivity contribution in [3.05, 3.63) is 11.9 Å². The predicted molar refractivity (Wildman–Crippen MR) is 79.8 cm³/mol. The van der Waals surface area contributed by atoms with Gasteiger partial charge in [0.2, 0.25) is 5.95 Å². The quantitative estimate of drug-likeness (QED) is 0.930. The lowest BCUT2D eigenvalue weighted by molar-refractivity contribution is 0.451. The van der Waals surface area contributed by atoms with E-state index >= 15 is 0 Å². The summed E-state index contributed by atoms with van der Waals surface area (Å²) in [6.45, 7) is 2.00. The Bertz CT molecular complexity index is 559. The van der Waals surface area contributed by atoms with Crippen molar-refractivity contribution in [2.45, 2.75) is 57.5 Å². The van der Waals surface area contributed by atoms with Gasteiger partial charge in [0.25, 0.3) is 0 Å². The van der Waals surface area contributed by atoms with Crippen molar-refractivity contribution in [3.63, 3.8) is 0 Å². The van der Waals surface area contributed by atoms with E-state index in [-0.39, 0.29) is 6.04 Å². The highest BCUT2D eigenvalue weighted by Crippen LogP contribution is 2.29. The van der Waals surface area contributed by atoms with Crippen LogP contribution < -0.4 is 5.32 Å². The summed E-state index contributed by atoms with van der Waals surface area (Å²) >= 11 is 0. The number of sulfone groups is 1. The highest BCUT2D eigenvalue weighted by molar-refractivity contribution is 7.91. The molecule has 0 bridgehead atoms. The molecule has 1 aromatic heterocycles. The number of imidazole rings is 1. The van der Waals surface area contributed by atoms with Gasteiger partial charge in [-0.3, -0.25) is 0 Å². The summed E-state index contributed by atoms with van der Waals surface area (Å²) in [7, 11) is -2.81. The third-order valence-corrected chi connectivity index (χ3v) is 6.17. The van der Waals surface area contributed by atoms with E-state index in [1.54, 1.807) is 0 Å². The number of nitrogens with one attached hydrogen (secondary N) is 1. The minimum atomic E-state index is -2.81. The van der Waals surface area contributed by atoms with Crippen molar-refractivity contribution in [3.8, 4) is 0 Å². The second-order valence-corrected chi connectivity index (χ2v) is 8.43. The van der Waals surface area contributed by atoms with Gasteiger partial charge in [-0.15, -0.1) is 0 Å². The maximum Gasteiger partial charge on any atom is 0.203 e. The number of aromatic nitrogens is 2. The first-order valence-corrected chi connectivity index (χ1v) is 9.38. The highest BCUT2D eigenvalue weighted by atomic mass is 32.2. The Morgan fingerprint density at radius 3 is 2.50 bits per heavy atom. The zero-order valence-corrected chi connectivity index (χ0v) is 12.8. The van der Waals surface area contributed by atoms with Crippen LogP contribution in [-0.2, 0) is 9.84 Å². The Labute approximate surface area is 120 Å². The van der Waals surface area contributed by atoms with Gasteiger partial charge in [0.15, 0.2) is 0 Å². The fourth-order valence-electron chi connectivity index (χ4n) is 3.31. The zero-order valence-electron chi connectivity index (χ0n) is 12.0. The lowest BCUT2D eigenvalue weighted by Crippen LogP contribution is -2.27. The maximum atomic E-state index is 11.6. The van der Waals surface area contributed by atoms with Crippen LogP contribution in [0, 0.1) is 6.92 Å². The molecule has 1 aliphatic carbocycles. The smallest absolute Gasteiger partial charge is 0.203 e. The van der Waals surface area contributed by atoms with Crippen molar-refractivity contribution in [2.75, 3.05) is 16.8 Å². The number of anilines is 1. The molecule has 20 heavy (non-hydrogen) atoms. The van der Waals surface area contributed by atoms with Crippen LogP contribution >= 0.6 is 0 Å². The molecule has 1 N–H and O–H groups in total. The molecular formula is C14H23N3O2S. The third-order valence-electron chi connectivity index (χ3n) is 4.46. The number of rotatable bonds is 3. The molecule has 0 unspecified atom stereocenters. The van der Waals surface area contributed by atoms with Gasteiger partial charge in [-0.05, 0) is 32.6 Å². The summed E-state index contributed by atoms with van der Waals surface area (Å²) in [5.41, 5.74) is 0.999. The molecule has 6 heteroatoms. The van der Waals surface area contributed by atoms with Crippen molar-refractivity contribution in [1.82, 2.24) is 9.55 Å². The second kappa shape index (κ2) is 5.39. The summed E-state index contributed by atoms with van der Waals surface area (Å²) in [4.78, 5) is 4.59. The van der Waals surface area contributed by atoms with Gasteiger partial charge < -0.3 is 9.88 Å². The van der Waals surface area contributed by atoms with Crippen molar-refractivity contribution in [2.24, 2.45) is 0 Å². The van der Waals surface area contributed by atoms with E-state index in [9.17, 15) is 8.42 Å². The minimum absolute atomic E-state index is 0.267. The van der Waals surface area contributed by atoms with Crippen LogP contribution in [-0.4, -0.2) is 35.5 Å². The van der Waals surface area contributed by atoms with E-state index in [4.69, 9.17) is 0 Å². The molecule has 0 atom stereocenters. The molecule has 112 valence electrons. The molecule has 0 spiro atoms. The first-order valence-electron chi connectivity index (χ1n) is 7.56. The molecule has 1 aromatic rings. The Morgan fingerprint density at radius 2 is 1.85 bits per heavy atom. The molecule has 1 saturated carbocycles. The summed E-state index contributed by atoms with van der Waals surface area (Å²) in [5.74, 6) is 1.54. The number of hydrogen-bond donors (Lipinski definition) is 1. The van der Waals surface area contributed by atoms with Crippen molar-refractivity contribution < 1.29 is 8.42 Å². The minimum Gasteiger partial charge on any atom is -0.353 e. The molecule has 1 saturated heterocycles. The van der Waals surface area contributed by atoms with E-state index in [0.717, 1.165) is 11.6 Å². The van der Waals surface area contributed by atoms with Gasteiger partial charge in [-0.25, -0.2) is 13.4 Å². The van der Waals surface area contributed by atoms with E-state index in [1.807, 2.05) is 6.92 Å². The third kappa shape index (κ3) is 3.00. The lowest BCUT2D eigenvalue weighted by Gasteiger charge is -2.25. The van der Waals surface area contributed by atoms with Crippen LogP contribution in [0.1, 0.15) is 50.3 Å². The van der Waals surface area contributed by atoms with Crippen LogP contribution in [0.2, 0.25) is 0 Å². The standard InChI is InChI=1S/C14H23N3O2S/c1-11-10-17(13-6-8-20(18,19)9-7-13)14(15-11)16-12-4-2-3-5-12/h10,12-13H,2-9H2,1H3,(H,15,16). The largest absolute Gasteiger partial charge is 0.353 e. The first kappa shape index (κ1) is 13.9. The van der Waals surface area contributed by atoms with E-state index in [1.165, 1.54) is 25.7 Å². The van der Waals surface area contributed by atoms with Gasteiger partial charge >= 0.3 is 0 Å². The van der Waals surface area contributed by atoms with Crippen LogP contribution in [0.5, 0.6) is 0 Å². The highest BCUT2D eigenvalue weighted by Gasteiger charge is 2.27. The normalized spacial score (nSPS) is 24.1. The lowest BCUT2D eigenvalue weighted by atomic mass is 10.1. The maximum absolute atomic E-state index is 11.6. The molecular weight excluding hydrogens is 274 g/mol. The van der Waals surface area contributed by atoms with Crippen LogP contribution in [0.4, 0.5) is 5.95 Å². The fourth-order valence-corrected chi connectivity index (χ4v) is 4.78. The summed E-state index contributed by atoms with van der Waals surface area (Å²) in [6, 6.07) is 0.798. The Hall–Kier alpha value is -1.04. The topological polar surface area (TPSA) is 64.0 Å². The Kier molecular flexibility index (Phi) is 3.75. The summed E-state index contributed by atoms with van der Waals surface area (Å²) in [6.07, 6.45) is 8.48. The molecule has 0 radical (unpaired) electrons. The Morgan fingerprint density at radius 1 is 1.20 bits per heavy atom. The van der Waals surface area contributed by atoms with E-state index in [2.05, 4.69) is 21.1 Å². The molecule has 2 aliphatic rings. The molecule has 2 heterocycles. The zero-order chi connectivity index (χ0) is 14.2. The average molecular weight is 297 g/mol. The molecule has 5 nitrogen and oxygen atoms in total. The predicted octanol–water partition coefficient (Wildman–Crippen LogP) is 2.30. The van der Waals surface area contributed by atoms with Crippen LogP contribution in [0.15, 0.2) is 6.20 Å². The molecule has 0 aromatic carbocycles. The monoisotopic (exact) mass is 297 g/mol. The molecule has 0 amide bonds. The molecule has 1 aliphatic heterocycles. The van der Waals surface area contributed by atoms with Gasteiger partial charge in [0.1, 0.15) is 9.84 Å². The van der Waals surface area contributed by atoms with E-state index < -0.39 is 9.84 Å². The summed E-state index contributed by atoms with van der Waals surface area (Å²) in [5, 5.41) is 3.55. The SMILES string of the molecule is Cc1cn(C2CCS(=O)(=O)CC2)c(NC2CCCC2)n1. The van der Waals surface area contributed by atoms with Gasteiger partial charge in [0.05, 0.1) is 17.2 Å².